The van der Waals surface area contributed by atoms with Gasteiger partial charge in [-0.2, -0.15) is 0 Å². The fourth-order valence-electron chi connectivity index (χ4n) is 2.19. The van der Waals surface area contributed by atoms with Crippen molar-refractivity contribution in [3.8, 4) is 0 Å². The van der Waals surface area contributed by atoms with Crippen LogP contribution in [0.5, 0.6) is 0 Å². The molecule has 5 heteroatoms. The lowest BCUT2D eigenvalue weighted by molar-refractivity contribution is 0.0951. The molecule has 0 aromatic heterocycles. The lowest BCUT2D eigenvalue weighted by Crippen LogP contribution is -2.28. The number of amides is 1. The minimum Gasteiger partial charge on any atom is -0.351 e. The maximum absolute atomic E-state index is 13.0. The molecule has 22 heavy (non-hydrogen) atoms. The summed E-state index contributed by atoms with van der Waals surface area (Å²) in [5.74, 6) is -0.343. The Balaban J connectivity index is 2.02. The third kappa shape index (κ3) is 4.21. The van der Waals surface area contributed by atoms with Crippen LogP contribution in [-0.2, 0) is 0 Å². The maximum atomic E-state index is 13.0. The van der Waals surface area contributed by atoms with Crippen LogP contribution in [0.4, 0.5) is 4.39 Å². The average molecular weight is 340 g/mol. The van der Waals surface area contributed by atoms with Crippen molar-refractivity contribution in [3.63, 3.8) is 0 Å². The zero-order valence-electron chi connectivity index (χ0n) is 12.1. The van der Waals surface area contributed by atoms with Gasteiger partial charge in [0.05, 0.1) is 10.0 Å². The summed E-state index contributed by atoms with van der Waals surface area (Å²) in [7, 11) is 0. The van der Waals surface area contributed by atoms with Crippen molar-refractivity contribution in [3.05, 3.63) is 69.5 Å². The third-order valence-corrected chi connectivity index (χ3v) is 4.26. The van der Waals surface area contributed by atoms with Crippen LogP contribution < -0.4 is 5.32 Å². The van der Waals surface area contributed by atoms with Gasteiger partial charge in [-0.1, -0.05) is 42.3 Å². The second-order valence-electron chi connectivity index (χ2n) is 5.00. The summed E-state index contributed by atoms with van der Waals surface area (Å²) in [4.78, 5) is 12.1. The molecule has 2 aromatic carbocycles. The first-order valence-electron chi connectivity index (χ1n) is 7.00. The highest BCUT2D eigenvalue weighted by Gasteiger charge is 2.13. The lowest BCUT2D eigenvalue weighted by Gasteiger charge is -2.16. The molecule has 1 atom stereocenters. The van der Waals surface area contributed by atoms with Crippen molar-refractivity contribution in [1.82, 2.24) is 5.32 Å². The Morgan fingerprint density at radius 1 is 1.14 bits per heavy atom. The second-order valence-corrected chi connectivity index (χ2v) is 5.81. The van der Waals surface area contributed by atoms with E-state index < -0.39 is 0 Å². The molecule has 2 rings (SSSR count). The third-order valence-electron chi connectivity index (χ3n) is 3.53. The second kappa shape index (κ2) is 7.61. The van der Waals surface area contributed by atoms with E-state index in [2.05, 4.69) is 5.32 Å². The summed E-state index contributed by atoms with van der Waals surface area (Å²) in [5, 5.41) is 3.64. The summed E-state index contributed by atoms with van der Waals surface area (Å²) in [6, 6.07) is 11.1. The van der Waals surface area contributed by atoms with Crippen molar-refractivity contribution in [2.24, 2.45) is 0 Å². The largest absolute Gasteiger partial charge is 0.351 e. The molecule has 0 aliphatic carbocycles. The smallest absolute Gasteiger partial charge is 0.251 e. The van der Waals surface area contributed by atoms with E-state index in [9.17, 15) is 9.18 Å². The van der Waals surface area contributed by atoms with E-state index in [1.807, 2.05) is 6.92 Å². The number of nitrogens with one attached hydrogen (secondary N) is 1. The molecule has 116 valence electrons. The van der Waals surface area contributed by atoms with Gasteiger partial charge in [0.15, 0.2) is 0 Å². The van der Waals surface area contributed by atoms with Crippen LogP contribution in [0.2, 0.25) is 10.0 Å². The SMILES string of the molecule is CC[C@H](CNC(=O)c1ccc(Cl)c(Cl)c1)c1ccc(F)cc1. The molecule has 0 aliphatic heterocycles. The lowest BCUT2D eigenvalue weighted by atomic mass is 9.96. The fourth-order valence-corrected chi connectivity index (χ4v) is 2.49. The molecule has 0 saturated heterocycles. The number of rotatable bonds is 5. The maximum Gasteiger partial charge on any atom is 0.251 e. The molecule has 2 nitrogen and oxygen atoms in total. The molecule has 0 bridgehead atoms. The Hall–Kier alpha value is -1.58. The van der Waals surface area contributed by atoms with Crippen LogP contribution >= 0.6 is 23.2 Å². The molecule has 0 unspecified atom stereocenters. The molecule has 0 heterocycles. The average Bonchev–Trinajstić information content (AvgIpc) is 2.52. The van der Waals surface area contributed by atoms with Crippen LogP contribution in [0, 0.1) is 5.82 Å². The molecule has 1 amide bonds. The van der Waals surface area contributed by atoms with Crippen molar-refractivity contribution in [2.75, 3.05) is 6.54 Å². The molecule has 0 fully saturated rings. The molecular weight excluding hydrogens is 324 g/mol. The van der Waals surface area contributed by atoms with E-state index in [1.54, 1.807) is 24.3 Å². The minimum atomic E-state index is -0.265. The molecular formula is C17H16Cl2FNO. The highest BCUT2D eigenvalue weighted by atomic mass is 35.5. The van der Waals surface area contributed by atoms with Gasteiger partial charge in [0, 0.05) is 18.0 Å². The van der Waals surface area contributed by atoms with Crippen LogP contribution in [0.25, 0.3) is 0 Å². The molecule has 2 aromatic rings. The number of hydrogen-bond acceptors (Lipinski definition) is 1. The highest BCUT2D eigenvalue weighted by molar-refractivity contribution is 6.42. The van der Waals surface area contributed by atoms with Crippen molar-refractivity contribution < 1.29 is 9.18 Å². The van der Waals surface area contributed by atoms with E-state index in [4.69, 9.17) is 23.2 Å². The Morgan fingerprint density at radius 3 is 2.41 bits per heavy atom. The summed E-state index contributed by atoms with van der Waals surface area (Å²) in [5.41, 5.74) is 1.46. The summed E-state index contributed by atoms with van der Waals surface area (Å²) < 4.78 is 13.0. The number of halogens is 3. The van der Waals surface area contributed by atoms with Gasteiger partial charge in [-0.05, 0) is 42.3 Å². The monoisotopic (exact) mass is 339 g/mol. The van der Waals surface area contributed by atoms with E-state index in [-0.39, 0.29) is 17.6 Å². The molecule has 0 saturated carbocycles. The Bertz CT molecular complexity index is 658. The standard InChI is InChI=1S/C17H16Cl2FNO/c1-2-11(12-3-6-14(20)7-4-12)10-21-17(22)13-5-8-15(18)16(19)9-13/h3-9,11H,2,10H2,1H3,(H,21,22)/t11-/m1/s1. The number of hydrogen-bond donors (Lipinski definition) is 1. The first kappa shape index (κ1) is 16.8. The van der Waals surface area contributed by atoms with Gasteiger partial charge >= 0.3 is 0 Å². The molecule has 0 spiro atoms. The quantitative estimate of drug-likeness (QED) is 0.810. The summed E-state index contributed by atoms with van der Waals surface area (Å²) >= 11 is 11.7. The van der Waals surface area contributed by atoms with Gasteiger partial charge in [-0.3, -0.25) is 4.79 Å². The normalized spacial score (nSPS) is 12.0. The summed E-state index contributed by atoms with van der Waals surface area (Å²) in [6.45, 7) is 2.50. The Labute approximate surface area is 139 Å². The van der Waals surface area contributed by atoms with Crippen LogP contribution in [0.1, 0.15) is 35.2 Å². The van der Waals surface area contributed by atoms with Crippen LogP contribution in [0.3, 0.4) is 0 Å². The number of carbonyl (C=O) groups excluding carboxylic acids is 1. The first-order valence-corrected chi connectivity index (χ1v) is 7.75. The van der Waals surface area contributed by atoms with Gasteiger partial charge < -0.3 is 5.32 Å². The predicted octanol–water partition coefficient (Wildman–Crippen LogP) is 5.06. The Kier molecular flexibility index (Phi) is 5.81. The molecule has 0 radical (unpaired) electrons. The Morgan fingerprint density at radius 2 is 1.82 bits per heavy atom. The van der Waals surface area contributed by atoms with Crippen LogP contribution in [0.15, 0.2) is 42.5 Å². The van der Waals surface area contributed by atoms with E-state index in [1.165, 1.54) is 18.2 Å². The van der Waals surface area contributed by atoms with Crippen molar-refractivity contribution in [1.29, 1.82) is 0 Å². The zero-order chi connectivity index (χ0) is 16.1. The van der Waals surface area contributed by atoms with Gasteiger partial charge in [0.2, 0.25) is 0 Å². The zero-order valence-corrected chi connectivity index (χ0v) is 13.6. The topological polar surface area (TPSA) is 29.1 Å². The highest BCUT2D eigenvalue weighted by Crippen LogP contribution is 2.23. The van der Waals surface area contributed by atoms with E-state index in [0.717, 1.165) is 12.0 Å². The first-order chi connectivity index (χ1) is 10.5. The van der Waals surface area contributed by atoms with Gasteiger partial charge in [0.1, 0.15) is 5.82 Å². The molecule has 1 N–H and O–H groups in total. The van der Waals surface area contributed by atoms with Crippen LogP contribution in [-0.4, -0.2) is 12.5 Å². The van der Waals surface area contributed by atoms with Gasteiger partial charge in [-0.25, -0.2) is 4.39 Å². The molecule has 0 aliphatic rings. The number of benzene rings is 2. The fraction of sp³-hybridized carbons (Fsp3) is 0.235. The number of carbonyl (C=O) groups is 1. The van der Waals surface area contributed by atoms with Crippen molar-refractivity contribution >= 4 is 29.1 Å². The van der Waals surface area contributed by atoms with E-state index in [0.29, 0.717) is 22.2 Å². The predicted molar refractivity (Wildman–Crippen MR) is 88.2 cm³/mol. The van der Waals surface area contributed by atoms with E-state index >= 15 is 0 Å². The van der Waals surface area contributed by atoms with Gasteiger partial charge in [0.25, 0.3) is 5.91 Å². The summed E-state index contributed by atoms with van der Waals surface area (Å²) in [6.07, 6.45) is 0.841. The van der Waals surface area contributed by atoms with Gasteiger partial charge in [-0.15, -0.1) is 0 Å². The van der Waals surface area contributed by atoms with Crippen molar-refractivity contribution in [2.45, 2.75) is 19.3 Å². The minimum absolute atomic E-state index is 0.132.